The number of nitrogens with two attached hydrogens (primary N) is 1. The summed E-state index contributed by atoms with van der Waals surface area (Å²) in [6, 6.07) is 0. The third-order valence-electron chi connectivity index (χ3n) is 0.762. The molecule has 0 saturated heterocycles. The first kappa shape index (κ1) is 9.22. The molecule has 0 radical (unpaired) electrons. The molecule has 0 bridgehead atoms. The molecule has 0 aromatic carbocycles. The zero-order chi connectivity index (χ0) is 8.85. The average Bonchev–Trinajstić information content (AvgIpc) is 1.86. The first-order valence-electron chi connectivity index (χ1n) is 2.64. The highest BCUT2D eigenvalue weighted by molar-refractivity contribution is 5.86. The Morgan fingerprint density at radius 3 is 2.18 bits per heavy atom. The lowest BCUT2D eigenvalue weighted by Crippen LogP contribution is -2.08. The minimum atomic E-state index is -1.28. The number of carbonyl (C=O) groups is 2. The summed E-state index contributed by atoms with van der Waals surface area (Å²) >= 11 is 0. The molecule has 5 nitrogen and oxygen atoms in total. The van der Waals surface area contributed by atoms with Crippen LogP contribution in [0, 0.1) is 0 Å². The molecule has 0 aromatic heterocycles. The largest absolute Gasteiger partial charge is 0.478 e. The van der Waals surface area contributed by atoms with E-state index in [-0.39, 0.29) is 0 Å². The fraction of sp³-hybridized carbons (Fsp3) is 0. The van der Waals surface area contributed by atoms with Crippen LogP contribution in [0.15, 0.2) is 23.9 Å². The van der Waals surface area contributed by atoms with Gasteiger partial charge in [0.2, 0.25) is 0 Å². The zero-order valence-corrected chi connectivity index (χ0v) is 5.52. The second kappa shape index (κ2) is 4.10. The van der Waals surface area contributed by atoms with E-state index < -0.39 is 17.6 Å². The molecular formula is C6H7NO4. The van der Waals surface area contributed by atoms with Crippen LogP contribution in [0.3, 0.4) is 0 Å². The summed E-state index contributed by atoms with van der Waals surface area (Å²) in [6.07, 6.45) is 2.83. The van der Waals surface area contributed by atoms with Gasteiger partial charge in [0.05, 0.1) is 0 Å². The van der Waals surface area contributed by atoms with Crippen molar-refractivity contribution >= 4 is 11.9 Å². The highest BCUT2D eigenvalue weighted by Gasteiger charge is 1.96. The summed E-state index contributed by atoms with van der Waals surface area (Å²) in [5.41, 5.74) is 4.52. The topological polar surface area (TPSA) is 101 Å². The van der Waals surface area contributed by atoms with Crippen molar-refractivity contribution in [2.24, 2.45) is 5.73 Å². The van der Waals surface area contributed by atoms with Crippen LogP contribution < -0.4 is 5.73 Å². The number of carboxylic acid groups (broad SMARTS) is 2. The molecule has 0 aliphatic carbocycles. The number of hydrogen-bond acceptors (Lipinski definition) is 3. The number of allylic oxidation sites excluding steroid dienone is 2. The van der Waals surface area contributed by atoms with E-state index in [0.717, 1.165) is 18.2 Å². The van der Waals surface area contributed by atoms with E-state index >= 15 is 0 Å². The maximum Gasteiger partial charge on any atom is 0.351 e. The Morgan fingerprint density at radius 1 is 1.27 bits per heavy atom. The monoisotopic (exact) mass is 157 g/mol. The fourth-order valence-electron chi connectivity index (χ4n) is 0.305. The van der Waals surface area contributed by atoms with Crippen molar-refractivity contribution in [1.82, 2.24) is 0 Å². The van der Waals surface area contributed by atoms with Crippen LogP contribution in [-0.2, 0) is 9.59 Å². The lowest BCUT2D eigenvalue weighted by molar-refractivity contribution is -0.133. The van der Waals surface area contributed by atoms with E-state index in [2.05, 4.69) is 0 Å². The highest BCUT2D eigenvalue weighted by Crippen LogP contribution is 1.84. The SMILES string of the molecule is N/C(=C/C=C\C(=O)O)C(=O)O. The molecule has 0 spiro atoms. The Hall–Kier alpha value is -1.78. The van der Waals surface area contributed by atoms with Crippen molar-refractivity contribution in [1.29, 1.82) is 0 Å². The number of rotatable bonds is 3. The van der Waals surface area contributed by atoms with Gasteiger partial charge < -0.3 is 15.9 Å². The van der Waals surface area contributed by atoms with Gasteiger partial charge in [0.15, 0.2) is 0 Å². The van der Waals surface area contributed by atoms with E-state index in [1.54, 1.807) is 0 Å². The number of hydrogen-bond donors (Lipinski definition) is 3. The van der Waals surface area contributed by atoms with Crippen LogP contribution in [0.25, 0.3) is 0 Å². The molecule has 4 N–H and O–H groups in total. The van der Waals surface area contributed by atoms with Crippen molar-refractivity contribution < 1.29 is 19.8 Å². The molecule has 60 valence electrons. The molecule has 11 heavy (non-hydrogen) atoms. The molecule has 0 amide bonds. The molecule has 0 unspecified atom stereocenters. The minimum absolute atomic E-state index is 0.400. The Kier molecular flexibility index (Phi) is 3.44. The summed E-state index contributed by atoms with van der Waals surface area (Å²) in [5.74, 6) is -2.43. The maximum absolute atomic E-state index is 10.0. The van der Waals surface area contributed by atoms with E-state index in [0.29, 0.717) is 0 Å². The van der Waals surface area contributed by atoms with E-state index in [1.807, 2.05) is 0 Å². The van der Waals surface area contributed by atoms with Gasteiger partial charge in [-0.25, -0.2) is 9.59 Å². The third-order valence-corrected chi connectivity index (χ3v) is 0.762. The summed E-state index contributed by atoms with van der Waals surface area (Å²) in [7, 11) is 0. The van der Waals surface area contributed by atoms with Gasteiger partial charge in [-0.1, -0.05) is 6.08 Å². The minimum Gasteiger partial charge on any atom is -0.478 e. The molecule has 0 aliphatic rings. The third kappa shape index (κ3) is 4.71. The quantitative estimate of drug-likeness (QED) is 0.380. The molecule has 0 aliphatic heterocycles. The summed E-state index contributed by atoms with van der Waals surface area (Å²) in [4.78, 5) is 19.8. The second-order valence-electron chi connectivity index (χ2n) is 1.62. The molecule has 0 atom stereocenters. The van der Waals surface area contributed by atoms with E-state index in [9.17, 15) is 9.59 Å². The normalized spacial score (nSPS) is 11.8. The molecule has 0 rings (SSSR count). The average molecular weight is 157 g/mol. The van der Waals surface area contributed by atoms with Crippen LogP contribution >= 0.6 is 0 Å². The summed E-state index contributed by atoms with van der Waals surface area (Å²) in [6.45, 7) is 0. The molecule has 0 aromatic rings. The second-order valence-corrected chi connectivity index (χ2v) is 1.62. The van der Waals surface area contributed by atoms with Gasteiger partial charge in [0.1, 0.15) is 5.70 Å². The van der Waals surface area contributed by atoms with Crippen molar-refractivity contribution in [2.45, 2.75) is 0 Å². The van der Waals surface area contributed by atoms with Crippen LogP contribution in [-0.4, -0.2) is 22.2 Å². The standard InChI is InChI=1S/C6H7NO4/c7-4(6(10)11)2-1-3-5(8)9/h1-3H,7H2,(H,8,9)(H,10,11)/b3-1-,4-2+. The Balaban J connectivity index is 4.13. The predicted octanol–water partition coefficient (Wildman–Crippen LogP) is -0.446. The molecular weight excluding hydrogens is 150 g/mol. The molecule has 5 heteroatoms. The van der Waals surface area contributed by atoms with E-state index in [4.69, 9.17) is 15.9 Å². The first-order valence-corrected chi connectivity index (χ1v) is 2.64. The van der Waals surface area contributed by atoms with Crippen molar-refractivity contribution in [3.63, 3.8) is 0 Å². The van der Waals surface area contributed by atoms with Crippen LogP contribution in [0.1, 0.15) is 0 Å². The van der Waals surface area contributed by atoms with Crippen molar-refractivity contribution in [3.05, 3.63) is 23.9 Å². The summed E-state index contributed by atoms with van der Waals surface area (Å²) < 4.78 is 0. The highest BCUT2D eigenvalue weighted by atomic mass is 16.4. The van der Waals surface area contributed by atoms with Crippen LogP contribution in [0.2, 0.25) is 0 Å². The van der Waals surface area contributed by atoms with Gasteiger partial charge in [0, 0.05) is 6.08 Å². The lowest BCUT2D eigenvalue weighted by atomic mass is 10.4. The molecule has 0 saturated carbocycles. The lowest BCUT2D eigenvalue weighted by Gasteiger charge is -1.86. The maximum atomic E-state index is 10.0. The van der Waals surface area contributed by atoms with Gasteiger partial charge >= 0.3 is 11.9 Å². The Labute approximate surface area is 62.4 Å². The summed E-state index contributed by atoms with van der Waals surface area (Å²) in [5, 5.41) is 16.2. The van der Waals surface area contributed by atoms with Gasteiger partial charge in [-0.15, -0.1) is 0 Å². The number of carboxylic acids is 2. The molecule has 0 fully saturated rings. The van der Waals surface area contributed by atoms with Gasteiger partial charge in [-0.05, 0) is 6.08 Å². The predicted molar refractivity (Wildman–Crippen MR) is 36.7 cm³/mol. The smallest absolute Gasteiger partial charge is 0.351 e. The van der Waals surface area contributed by atoms with Gasteiger partial charge in [-0.2, -0.15) is 0 Å². The van der Waals surface area contributed by atoms with Gasteiger partial charge in [0.25, 0.3) is 0 Å². The van der Waals surface area contributed by atoms with Crippen molar-refractivity contribution in [3.8, 4) is 0 Å². The van der Waals surface area contributed by atoms with Gasteiger partial charge in [-0.3, -0.25) is 0 Å². The Bertz CT molecular complexity index is 229. The van der Waals surface area contributed by atoms with Crippen molar-refractivity contribution in [2.75, 3.05) is 0 Å². The number of aliphatic carboxylic acids is 2. The van der Waals surface area contributed by atoms with Crippen LogP contribution in [0.5, 0.6) is 0 Å². The van der Waals surface area contributed by atoms with E-state index in [1.165, 1.54) is 0 Å². The first-order chi connectivity index (χ1) is 5.04. The van der Waals surface area contributed by atoms with Crippen LogP contribution in [0.4, 0.5) is 0 Å². The Morgan fingerprint density at radius 2 is 1.82 bits per heavy atom. The molecule has 0 heterocycles. The fourth-order valence-corrected chi connectivity index (χ4v) is 0.305. The zero-order valence-electron chi connectivity index (χ0n) is 5.52.